The van der Waals surface area contributed by atoms with Gasteiger partial charge in [0, 0.05) is 12.1 Å². The zero-order chi connectivity index (χ0) is 21.5. The van der Waals surface area contributed by atoms with E-state index < -0.39 is 0 Å². The van der Waals surface area contributed by atoms with Gasteiger partial charge in [0.25, 0.3) is 0 Å². The summed E-state index contributed by atoms with van der Waals surface area (Å²) in [5.74, 6) is 1.71. The lowest BCUT2D eigenvalue weighted by Crippen LogP contribution is -2.13. The van der Waals surface area contributed by atoms with Crippen LogP contribution in [0.2, 0.25) is 0 Å². The quantitative estimate of drug-likeness (QED) is 0.552. The molecule has 1 amide bonds. The lowest BCUT2D eigenvalue weighted by atomic mass is 10.1. The zero-order valence-electron chi connectivity index (χ0n) is 17.8. The third-order valence-electron chi connectivity index (χ3n) is 4.36. The van der Waals surface area contributed by atoms with Crippen molar-refractivity contribution in [2.24, 2.45) is 0 Å². The Morgan fingerprint density at radius 1 is 1.17 bits per heavy atom. The van der Waals surface area contributed by atoms with E-state index in [-0.39, 0.29) is 12.0 Å². The molecule has 156 valence electrons. The van der Waals surface area contributed by atoms with Crippen LogP contribution in [0, 0.1) is 6.92 Å². The molecule has 0 spiro atoms. The molecule has 0 atom stereocenters. The minimum absolute atomic E-state index is 0.0516. The van der Waals surface area contributed by atoms with Crippen LogP contribution < -0.4 is 14.8 Å². The Balaban J connectivity index is 1.66. The largest absolute Gasteiger partial charge is 0.493 e. The van der Waals surface area contributed by atoms with E-state index in [1.165, 1.54) is 11.6 Å². The molecule has 3 rings (SSSR count). The number of nitrogens with one attached hydrogen (secondary N) is 1. The van der Waals surface area contributed by atoms with Crippen molar-refractivity contribution in [3.8, 4) is 11.5 Å². The van der Waals surface area contributed by atoms with E-state index in [0.29, 0.717) is 23.9 Å². The summed E-state index contributed by atoms with van der Waals surface area (Å²) in [5.41, 5.74) is 3.15. The van der Waals surface area contributed by atoms with Gasteiger partial charge in [-0.3, -0.25) is 4.79 Å². The highest BCUT2D eigenvalue weighted by atomic mass is 16.5. The second-order valence-electron chi connectivity index (χ2n) is 7.26. The molecular weight excluding hydrogens is 378 g/mol. The minimum atomic E-state index is -0.234. The number of aromatic nitrogens is 2. The van der Waals surface area contributed by atoms with Crippen LogP contribution in [0.4, 0.5) is 5.82 Å². The lowest BCUT2D eigenvalue weighted by Gasteiger charge is -2.13. The van der Waals surface area contributed by atoms with Gasteiger partial charge in [-0.25, -0.2) is 4.68 Å². The van der Waals surface area contributed by atoms with E-state index >= 15 is 0 Å². The Hall–Kier alpha value is -3.54. The number of nitrogens with zero attached hydrogens (tertiary/aromatic N) is 2. The Morgan fingerprint density at radius 3 is 2.73 bits per heavy atom. The normalized spacial score (nSPS) is 11.1. The minimum Gasteiger partial charge on any atom is -0.493 e. The molecule has 0 bridgehead atoms. The average Bonchev–Trinajstić information content (AvgIpc) is 3.13. The molecule has 1 heterocycles. The van der Waals surface area contributed by atoms with Gasteiger partial charge in [-0.05, 0) is 50.1 Å². The van der Waals surface area contributed by atoms with Crippen molar-refractivity contribution in [2.75, 3.05) is 12.4 Å². The van der Waals surface area contributed by atoms with Gasteiger partial charge in [0.1, 0.15) is 5.82 Å². The van der Waals surface area contributed by atoms with E-state index in [9.17, 15) is 4.79 Å². The highest BCUT2D eigenvalue weighted by Gasteiger charge is 2.08. The van der Waals surface area contributed by atoms with Gasteiger partial charge in [0.15, 0.2) is 11.5 Å². The molecule has 0 unspecified atom stereocenters. The Morgan fingerprint density at radius 2 is 2.00 bits per heavy atom. The van der Waals surface area contributed by atoms with E-state index in [2.05, 4.69) is 29.5 Å². The average molecular weight is 405 g/mol. The Kier molecular flexibility index (Phi) is 6.91. The number of carbonyl (C=O) groups is 1. The summed E-state index contributed by atoms with van der Waals surface area (Å²) in [7, 11) is 1.60. The first-order valence-corrected chi connectivity index (χ1v) is 9.85. The van der Waals surface area contributed by atoms with Gasteiger partial charge in [-0.2, -0.15) is 5.10 Å². The number of benzene rings is 2. The van der Waals surface area contributed by atoms with E-state index in [1.807, 2.05) is 44.2 Å². The van der Waals surface area contributed by atoms with Crippen LogP contribution in [0.5, 0.6) is 11.5 Å². The fourth-order valence-electron chi connectivity index (χ4n) is 3.03. The van der Waals surface area contributed by atoms with Crippen LogP contribution in [0.1, 0.15) is 30.5 Å². The smallest absolute Gasteiger partial charge is 0.249 e. The summed E-state index contributed by atoms with van der Waals surface area (Å²) in [5, 5.41) is 7.20. The molecule has 0 aliphatic heterocycles. The number of aryl methyl sites for hydroxylation is 1. The van der Waals surface area contributed by atoms with Crippen molar-refractivity contribution in [1.29, 1.82) is 0 Å². The lowest BCUT2D eigenvalue weighted by molar-refractivity contribution is -0.111. The summed E-state index contributed by atoms with van der Waals surface area (Å²) < 4.78 is 12.9. The van der Waals surface area contributed by atoms with Crippen LogP contribution in [-0.2, 0) is 11.3 Å². The first-order chi connectivity index (χ1) is 14.4. The second kappa shape index (κ2) is 9.78. The van der Waals surface area contributed by atoms with Gasteiger partial charge in [0.2, 0.25) is 5.91 Å². The fraction of sp³-hybridized carbons (Fsp3) is 0.250. The summed E-state index contributed by atoms with van der Waals surface area (Å²) in [4.78, 5) is 12.4. The third-order valence-corrected chi connectivity index (χ3v) is 4.36. The third kappa shape index (κ3) is 5.73. The van der Waals surface area contributed by atoms with Crippen molar-refractivity contribution in [1.82, 2.24) is 9.78 Å². The van der Waals surface area contributed by atoms with E-state index in [4.69, 9.17) is 9.47 Å². The first kappa shape index (κ1) is 21.2. The summed E-state index contributed by atoms with van der Waals surface area (Å²) >= 11 is 0. The van der Waals surface area contributed by atoms with Gasteiger partial charge < -0.3 is 14.8 Å². The number of amides is 1. The first-order valence-electron chi connectivity index (χ1n) is 9.85. The molecule has 0 fully saturated rings. The molecule has 0 radical (unpaired) electrons. The number of methoxy groups -OCH3 is 1. The van der Waals surface area contributed by atoms with E-state index in [0.717, 1.165) is 11.1 Å². The monoisotopic (exact) mass is 405 g/mol. The Labute approximate surface area is 177 Å². The van der Waals surface area contributed by atoms with Crippen LogP contribution >= 0.6 is 0 Å². The van der Waals surface area contributed by atoms with Crippen molar-refractivity contribution >= 4 is 17.8 Å². The number of ether oxygens (including phenoxy) is 2. The standard InChI is InChI=1S/C24H27N3O3/c1-17(2)30-21-10-8-19(15-22(21)29-4)9-11-24(28)26-23-12-13-25-27(23)16-20-7-5-6-18(3)14-20/h5-15,17H,16H2,1-4H3,(H,26,28)/b11-9+. The summed E-state index contributed by atoms with van der Waals surface area (Å²) in [6.07, 6.45) is 4.95. The molecule has 0 saturated carbocycles. The predicted molar refractivity (Wildman–Crippen MR) is 119 cm³/mol. The number of hydrogen-bond donors (Lipinski definition) is 1. The predicted octanol–water partition coefficient (Wildman–Crippen LogP) is 4.69. The molecule has 30 heavy (non-hydrogen) atoms. The van der Waals surface area contributed by atoms with Crippen LogP contribution in [0.25, 0.3) is 6.08 Å². The molecule has 0 aliphatic rings. The molecule has 6 nitrogen and oxygen atoms in total. The van der Waals surface area contributed by atoms with Crippen molar-refractivity contribution in [3.05, 3.63) is 77.5 Å². The topological polar surface area (TPSA) is 65.4 Å². The van der Waals surface area contributed by atoms with Crippen molar-refractivity contribution in [2.45, 2.75) is 33.4 Å². The van der Waals surface area contributed by atoms with E-state index in [1.54, 1.807) is 30.1 Å². The van der Waals surface area contributed by atoms with Gasteiger partial charge in [-0.15, -0.1) is 0 Å². The van der Waals surface area contributed by atoms with Crippen LogP contribution in [0.15, 0.2) is 60.8 Å². The summed E-state index contributed by atoms with van der Waals surface area (Å²) in [6.45, 7) is 6.56. The molecule has 6 heteroatoms. The van der Waals surface area contributed by atoms with Gasteiger partial charge in [0.05, 0.1) is 26.0 Å². The molecule has 3 aromatic rings. The Bertz CT molecular complexity index is 1040. The number of anilines is 1. The van der Waals surface area contributed by atoms with Crippen LogP contribution in [0.3, 0.4) is 0 Å². The maximum atomic E-state index is 12.4. The highest BCUT2D eigenvalue weighted by molar-refractivity contribution is 6.01. The van der Waals surface area contributed by atoms with Gasteiger partial charge in [-0.1, -0.05) is 35.9 Å². The fourth-order valence-corrected chi connectivity index (χ4v) is 3.03. The highest BCUT2D eigenvalue weighted by Crippen LogP contribution is 2.29. The number of hydrogen-bond acceptors (Lipinski definition) is 4. The SMILES string of the molecule is COc1cc(/C=C/C(=O)Nc2ccnn2Cc2cccc(C)c2)ccc1OC(C)C. The molecule has 2 aromatic carbocycles. The summed E-state index contributed by atoms with van der Waals surface area (Å²) in [6, 6.07) is 15.6. The molecule has 1 aromatic heterocycles. The molecular formula is C24H27N3O3. The van der Waals surface area contributed by atoms with Crippen molar-refractivity contribution < 1.29 is 14.3 Å². The van der Waals surface area contributed by atoms with Crippen molar-refractivity contribution in [3.63, 3.8) is 0 Å². The zero-order valence-corrected chi connectivity index (χ0v) is 17.8. The number of rotatable bonds is 8. The maximum absolute atomic E-state index is 12.4. The van der Waals surface area contributed by atoms with Gasteiger partial charge >= 0.3 is 0 Å². The second-order valence-corrected chi connectivity index (χ2v) is 7.26. The molecule has 0 aliphatic carbocycles. The number of carbonyl (C=O) groups excluding carboxylic acids is 1. The molecule has 1 N–H and O–H groups in total. The molecule has 0 saturated heterocycles. The maximum Gasteiger partial charge on any atom is 0.249 e. The van der Waals surface area contributed by atoms with Crippen LogP contribution in [-0.4, -0.2) is 28.9 Å².